The van der Waals surface area contributed by atoms with Crippen LogP contribution >= 0.6 is 12.4 Å². The molecular formula is C15H23ClN2O3. The average molecular weight is 315 g/mol. The lowest BCUT2D eigenvalue weighted by molar-refractivity contribution is -0.117. The fourth-order valence-corrected chi connectivity index (χ4v) is 2.47. The van der Waals surface area contributed by atoms with Crippen molar-refractivity contribution >= 4 is 29.7 Å². The van der Waals surface area contributed by atoms with Gasteiger partial charge in [0.15, 0.2) is 11.5 Å². The molecule has 0 fully saturated rings. The molecule has 1 unspecified atom stereocenters. The van der Waals surface area contributed by atoms with E-state index < -0.39 is 0 Å². The summed E-state index contributed by atoms with van der Waals surface area (Å²) in [6.45, 7) is 6.59. The minimum atomic E-state index is -0.0243. The molecule has 0 radical (unpaired) electrons. The number of amides is 1. The van der Waals surface area contributed by atoms with Gasteiger partial charge in [-0.15, -0.1) is 12.4 Å². The van der Waals surface area contributed by atoms with E-state index in [4.69, 9.17) is 15.2 Å². The summed E-state index contributed by atoms with van der Waals surface area (Å²) in [5.41, 5.74) is 6.97. The van der Waals surface area contributed by atoms with Crippen molar-refractivity contribution in [1.82, 2.24) is 0 Å². The minimum Gasteiger partial charge on any atom is -0.454 e. The Bertz CT molecular complexity index is 506. The van der Waals surface area contributed by atoms with Crippen molar-refractivity contribution in [1.29, 1.82) is 0 Å². The highest BCUT2D eigenvalue weighted by atomic mass is 35.5. The van der Waals surface area contributed by atoms with Crippen LogP contribution in [0.2, 0.25) is 0 Å². The van der Waals surface area contributed by atoms with Crippen molar-refractivity contribution in [3.8, 4) is 11.5 Å². The van der Waals surface area contributed by atoms with Gasteiger partial charge in [0, 0.05) is 18.6 Å². The predicted molar refractivity (Wildman–Crippen MR) is 86.1 cm³/mol. The zero-order valence-electron chi connectivity index (χ0n) is 12.6. The van der Waals surface area contributed by atoms with E-state index in [0.29, 0.717) is 41.1 Å². The first-order valence-corrected chi connectivity index (χ1v) is 6.94. The van der Waals surface area contributed by atoms with E-state index in [2.05, 4.69) is 26.1 Å². The molecule has 0 saturated heterocycles. The Morgan fingerprint density at radius 2 is 1.90 bits per heavy atom. The first kappa shape index (κ1) is 17.4. The van der Waals surface area contributed by atoms with Crippen LogP contribution in [-0.4, -0.2) is 12.7 Å². The molecule has 5 nitrogen and oxygen atoms in total. The van der Waals surface area contributed by atoms with Crippen LogP contribution in [0.3, 0.4) is 0 Å². The number of rotatable bonds is 5. The van der Waals surface area contributed by atoms with Gasteiger partial charge in [0.05, 0.1) is 11.4 Å². The number of halogens is 1. The topological polar surface area (TPSA) is 73.6 Å². The van der Waals surface area contributed by atoms with Gasteiger partial charge in [-0.2, -0.15) is 0 Å². The zero-order chi connectivity index (χ0) is 14.7. The van der Waals surface area contributed by atoms with Gasteiger partial charge in [-0.3, -0.25) is 4.79 Å². The van der Waals surface area contributed by atoms with Gasteiger partial charge in [0.1, 0.15) is 0 Å². The first-order chi connectivity index (χ1) is 9.45. The van der Waals surface area contributed by atoms with Crippen LogP contribution in [0.5, 0.6) is 11.5 Å². The molecule has 0 spiro atoms. The number of carbonyl (C=O) groups excluding carboxylic acids is 1. The lowest BCUT2D eigenvalue weighted by Crippen LogP contribution is -2.17. The molecule has 0 bridgehead atoms. The monoisotopic (exact) mass is 314 g/mol. The number of fused-ring (bicyclic) bond motifs is 1. The summed E-state index contributed by atoms with van der Waals surface area (Å²) in [7, 11) is 0. The van der Waals surface area contributed by atoms with Gasteiger partial charge >= 0.3 is 0 Å². The quantitative estimate of drug-likeness (QED) is 0.817. The second-order valence-corrected chi connectivity index (χ2v) is 5.78. The van der Waals surface area contributed by atoms with Crippen LogP contribution in [-0.2, 0) is 4.79 Å². The van der Waals surface area contributed by atoms with E-state index in [1.54, 1.807) is 12.1 Å². The molecule has 3 N–H and O–H groups in total. The largest absolute Gasteiger partial charge is 0.454 e. The second kappa shape index (κ2) is 7.41. The molecule has 0 saturated carbocycles. The predicted octanol–water partition coefficient (Wildman–Crippen LogP) is 3.43. The van der Waals surface area contributed by atoms with Gasteiger partial charge in [-0.1, -0.05) is 20.8 Å². The number of anilines is 2. The van der Waals surface area contributed by atoms with Crippen molar-refractivity contribution in [2.24, 2.45) is 11.8 Å². The van der Waals surface area contributed by atoms with Gasteiger partial charge in [0.25, 0.3) is 0 Å². The Labute approximate surface area is 131 Å². The lowest BCUT2D eigenvalue weighted by Gasteiger charge is -2.14. The van der Waals surface area contributed by atoms with Crippen molar-refractivity contribution in [2.45, 2.75) is 33.6 Å². The van der Waals surface area contributed by atoms with E-state index in [1.165, 1.54) is 0 Å². The number of hydrogen-bond donors (Lipinski definition) is 2. The molecule has 1 aliphatic rings. The summed E-state index contributed by atoms with van der Waals surface area (Å²) in [5, 5.41) is 2.84. The third-order valence-corrected chi connectivity index (χ3v) is 3.23. The molecule has 0 aromatic heterocycles. The number of carbonyl (C=O) groups is 1. The fraction of sp³-hybridized carbons (Fsp3) is 0.533. The fourth-order valence-electron chi connectivity index (χ4n) is 2.47. The Morgan fingerprint density at radius 3 is 2.52 bits per heavy atom. The van der Waals surface area contributed by atoms with Crippen LogP contribution in [0, 0.1) is 11.8 Å². The Balaban J connectivity index is 0.00000220. The third kappa shape index (κ3) is 4.70. The number of nitrogens with two attached hydrogens (primary N) is 1. The number of hydrogen-bond acceptors (Lipinski definition) is 4. The normalized spacial score (nSPS) is 13.7. The maximum Gasteiger partial charge on any atom is 0.231 e. The highest BCUT2D eigenvalue weighted by Gasteiger charge is 2.18. The van der Waals surface area contributed by atoms with E-state index >= 15 is 0 Å². The van der Waals surface area contributed by atoms with Crippen LogP contribution in [0.1, 0.15) is 33.6 Å². The molecular weight excluding hydrogens is 292 g/mol. The molecule has 1 heterocycles. The molecule has 6 heteroatoms. The second-order valence-electron chi connectivity index (χ2n) is 5.78. The van der Waals surface area contributed by atoms with Crippen molar-refractivity contribution in [2.75, 3.05) is 17.8 Å². The molecule has 1 aromatic rings. The third-order valence-electron chi connectivity index (χ3n) is 3.23. The van der Waals surface area contributed by atoms with Crippen LogP contribution in [0.15, 0.2) is 12.1 Å². The van der Waals surface area contributed by atoms with Crippen molar-refractivity contribution < 1.29 is 14.3 Å². The van der Waals surface area contributed by atoms with E-state index in [1.807, 2.05) is 0 Å². The number of nitrogens with one attached hydrogen (secondary N) is 1. The van der Waals surface area contributed by atoms with Crippen LogP contribution in [0.25, 0.3) is 0 Å². The highest BCUT2D eigenvalue weighted by molar-refractivity contribution is 5.94. The first-order valence-electron chi connectivity index (χ1n) is 6.94. The van der Waals surface area contributed by atoms with Gasteiger partial charge in [-0.05, 0) is 18.3 Å². The zero-order valence-corrected chi connectivity index (χ0v) is 13.5. The molecule has 21 heavy (non-hydrogen) atoms. The number of benzene rings is 1. The molecule has 118 valence electrons. The Kier molecular flexibility index (Phi) is 6.15. The van der Waals surface area contributed by atoms with Gasteiger partial charge < -0.3 is 20.5 Å². The van der Waals surface area contributed by atoms with Gasteiger partial charge in [-0.25, -0.2) is 0 Å². The molecule has 1 aromatic carbocycles. The van der Waals surface area contributed by atoms with E-state index in [9.17, 15) is 4.79 Å². The summed E-state index contributed by atoms with van der Waals surface area (Å²) in [4.78, 5) is 12.0. The SMILES string of the molecule is CC(C)CC(C)CC(=O)Nc1cc2c(cc1N)OCO2.Cl. The smallest absolute Gasteiger partial charge is 0.231 e. The molecule has 2 rings (SSSR count). The van der Waals surface area contributed by atoms with Crippen molar-refractivity contribution in [3.63, 3.8) is 0 Å². The summed E-state index contributed by atoms with van der Waals surface area (Å²) >= 11 is 0. The van der Waals surface area contributed by atoms with E-state index in [0.717, 1.165) is 6.42 Å². The Hall–Kier alpha value is -1.62. The van der Waals surface area contributed by atoms with Crippen molar-refractivity contribution in [3.05, 3.63) is 12.1 Å². The molecule has 1 aliphatic heterocycles. The average Bonchev–Trinajstić information content (AvgIpc) is 2.74. The van der Waals surface area contributed by atoms with Crippen LogP contribution < -0.4 is 20.5 Å². The lowest BCUT2D eigenvalue weighted by atomic mass is 9.96. The number of ether oxygens (including phenoxy) is 2. The van der Waals surface area contributed by atoms with E-state index in [-0.39, 0.29) is 25.1 Å². The Morgan fingerprint density at radius 1 is 1.29 bits per heavy atom. The molecule has 0 aliphatic carbocycles. The summed E-state index contributed by atoms with van der Waals surface area (Å²) in [5.74, 6) is 2.15. The minimum absolute atomic E-state index is 0. The standard InChI is InChI=1S/C15H22N2O3.ClH/c1-9(2)4-10(3)5-15(18)17-12-7-14-13(6-11(12)16)19-8-20-14;/h6-7,9-10H,4-5,8,16H2,1-3H3,(H,17,18);1H. The molecule has 1 amide bonds. The maximum absolute atomic E-state index is 12.0. The summed E-state index contributed by atoms with van der Waals surface area (Å²) in [6, 6.07) is 3.39. The highest BCUT2D eigenvalue weighted by Crippen LogP contribution is 2.38. The maximum atomic E-state index is 12.0. The molecule has 1 atom stereocenters. The summed E-state index contributed by atoms with van der Waals surface area (Å²) in [6.07, 6.45) is 1.52. The number of nitrogen functional groups attached to an aromatic ring is 1. The van der Waals surface area contributed by atoms with Crippen LogP contribution in [0.4, 0.5) is 11.4 Å². The summed E-state index contributed by atoms with van der Waals surface area (Å²) < 4.78 is 10.5. The van der Waals surface area contributed by atoms with Gasteiger partial charge in [0.2, 0.25) is 12.7 Å².